The lowest BCUT2D eigenvalue weighted by atomic mass is 10.1. The van der Waals surface area contributed by atoms with Crippen LogP contribution in [0.1, 0.15) is 21.3 Å². The lowest BCUT2D eigenvalue weighted by Gasteiger charge is -2.23. The molecule has 150 valence electrons. The summed E-state index contributed by atoms with van der Waals surface area (Å²) in [6.07, 6.45) is 0. The smallest absolute Gasteiger partial charge is 0.284 e. The Morgan fingerprint density at radius 3 is 2.55 bits per heavy atom. The molecule has 2 aromatic carbocycles. The fourth-order valence-electron chi connectivity index (χ4n) is 2.81. The van der Waals surface area contributed by atoms with Gasteiger partial charge >= 0.3 is 0 Å². The Balaban J connectivity index is 1.75. The third-order valence-electron chi connectivity index (χ3n) is 4.34. The first-order chi connectivity index (χ1) is 14.0. The SMILES string of the molecule is CN(C)[C@@H](CNC(=O)c1ccc(Sc2ccccc2)c([N+](=O)[O-])c1)c1cccs1. The van der Waals surface area contributed by atoms with E-state index >= 15 is 0 Å². The van der Waals surface area contributed by atoms with Gasteiger partial charge in [0, 0.05) is 27.9 Å². The maximum atomic E-state index is 12.6. The third-order valence-corrected chi connectivity index (χ3v) is 6.39. The molecule has 3 rings (SSSR count). The van der Waals surface area contributed by atoms with Crippen LogP contribution in [0.2, 0.25) is 0 Å². The van der Waals surface area contributed by atoms with Crippen LogP contribution in [-0.2, 0) is 0 Å². The van der Waals surface area contributed by atoms with E-state index in [4.69, 9.17) is 0 Å². The lowest BCUT2D eigenvalue weighted by molar-refractivity contribution is -0.387. The average Bonchev–Trinajstić information content (AvgIpc) is 3.23. The van der Waals surface area contributed by atoms with Crippen LogP contribution < -0.4 is 5.32 Å². The number of carbonyl (C=O) groups is 1. The van der Waals surface area contributed by atoms with E-state index in [9.17, 15) is 14.9 Å². The fourth-order valence-corrected chi connectivity index (χ4v) is 4.66. The summed E-state index contributed by atoms with van der Waals surface area (Å²) in [5, 5.41) is 16.5. The van der Waals surface area contributed by atoms with Gasteiger partial charge in [0.1, 0.15) is 0 Å². The number of hydrogen-bond acceptors (Lipinski definition) is 6. The summed E-state index contributed by atoms with van der Waals surface area (Å²) >= 11 is 2.94. The van der Waals surface area contributed by atoms with Crippen LogP contribution in [0.5, 0.6) is 0 Å². The first-order valence-corrected chi connectivity index (χ1v) is 10.6. The predicted octanol–water partition coefficient (Wildman–Crippen LogP) is 4.84. The first kappa shape index (κ1) is 21.0. The van der Waals surface area contributed by atoms with E-state index in [0.29, 0.717) is 11.4 Å². The molecular weight excluding hydrogens is 406 g/mol. The van der Waals surface area contributed by atoms with E-state index < -0.39 is 4.92 Å². The molecule has 0 bridgehead atoms. The van der Waals surface area contributed by atoms with Gasteiger partial charge in [-0.3, -0.25) is 14.9 Å². The van der Waals surface area contributed by atoms with Gasteiger partial charge in [0.15, 0.2) is 0 Å². The second kappa shape index (κ2) is 9.69. The Hall–Kier alpha value is -2.68. The number of nitro groups is 1. The molecule has 0 aliphatic heterocycles. The molecule has 1 atom stereocenters. The predicted molar refractivity (Wildman–Crippen MR) is 117 cm³/mol. The van der Waals surface area contributed by atoms with Crippen LogP contribution in [0.4, 0.5) is 5.69 Å². The maximum absolute atomic E-state index is 12.6. The van der Waals surface area contributed by atoms with Gasteiger partial charge in [-0.05, 0) is 49.8 Å². The highest BCUT2D eigenvalue weighted by Gasteiger charge is 2.20. The van der Waals surface area contributed by atoms with Gasteiger partial charge in [0.25, 0.3) is 11.6 Å². The minimum atomic E-state index is -0.448. The molecule has 29 heavy (non-hydrogen) atoms. The Kier molecular flexibility index (Phi) is 7.03. The summed E-state index contributed by atoms with van der Waals surface area (Å²) < 4.78 is 0. The van der Waals surface area contributed by atoms with E-state index in [1.807, 2.05) is 66.8 Å². The number of likely N-dealkylation sites (N-methyl/N-ethyl adjacent to an activating group) is 1. The second-order valence-electron chi connectivity index (χ2n) is 6.56. The van der Waals surface area contributed by atoms with Crippen molar-refractivity contribution in [1.82, 2.24) is 10.2 Å². The van der Waals surface area contributed by atoms with Gasteiger partial charge in [0.2, 0.25) is 0 Å². The van der Waals surface area contributed by atoms with Gasteiger partial charge in [-0.1, -0.05) is 36.0 Å². The van der Waals surface area contributed by atoms with Crippen LogP contribution in [0.15, 0.2) is 75.8 Å². The van der Waals surface area contributed by atoms with Crippen LogP contribution in [0.3, 0.4) is 0 Å². The molecule has 3 aromatic rings. The molecule has 0 fully saturated rings. The zero-order chi connectivity index (χ0) is 20.8. The Labute approximate surface area is 177 Å². The van der Waals surface area contributed by atoms with Crippen molar-refractivity contribution in [3.63, 3.8) is 0 Å². The Bertz CT molecular complexity index is 976. The van der Waals surface area contributed by atoms with Crippen molar-refractivity contribution < 1.29 is 9.72 Å². The number of nitrogens with one attached hydrogen (secondary N) is 1. The lowest BCUT2D eigenvalue weighted by Crippen LogP contribution is -2.34. The summed E-state index contributed by atoms with van der Waals surface area (Å²) in [5.41, 5.74) is 0.201. The number of benzene rings is 2. The van der Waals surface area contributed by atoms with Gasteiger partial charge in [0.05, 0.1) is 15.9 Å². The van der Waals surface area contributed by atoms with Crippen molar-refractivity contribution in [2.75, 3.05) is 20.6 Å². The number of rotatable bonds is 8. The molecule has 0 radical (unpaired) electrons. The minimum Gasteiger partial charge on any atom is -0.350 e. The highest BCUT2D eigenvalue weighted by atomic mass is 32.2. The molecule has 1 N–H and O–H groups in total. The van der Waals surface area contributed by atoms with Gasteiger partial charge in [-0.15, -0.1) is 11.3 Å². The number of nitrogens with zero attached hydrogens (tertiary/aromatic N) is 2. The van der Waals surface area contributed by atoms with Crippen molar-refractivity contribution in [3.05, 3.63) is 86.6 Å². The quantitative estimate of drug-likeness (QED) is 0.411. The van der Waals surface area contributed by atoms with Gasteiger partial charge in [-0.25, -0.2) is 0 Å². The van der Waals surface area contributed by atoms with Crippen LogP contribution >= 0.6 is 23.1 Å². The molecule has 1 aromatic heterocycles. The van der Waals surface area contributed by atoms with Gasteiger partial charge < -0.3 is 10.2 Å². The molecular formula is C21H21N3O3S2. The Morgan fingerprint density at radius 2 is 1.93 bits per heavy atom. The zero-order valence-electron chi connectivity index (χ0n) is 16.1. The molecule has 0 aliphatic rings. The largest absolute Gasteiger partial charge is 0.350 e. The van der Waals surface area contributed by atoms with Crippen molar-refractivity contribution in [1.29, 1.82) is 0 Å². The highest BCUT2D eigenvalue weighted by molar-refractivity contribution is 7.99. The summed E-state index contributed by atoms with van der Waals surface area (Å²) in [7, 11) is 3.91. The normalized spacial score (nSPS) is 12.0. The van der Waals surface area contributed by atoms with E-state index in [1.54, 1.807) is 23.5 Å². The van der Waals surface area contributed by atoms with Crippen LogP contribution in [0.25, 0.3) is 0 Å². The molecule has 6 nitrogen and oxygen atoms in total. The molecule has 0 saturated carbocycles. The zero-order valence-corrected chi connectivity index (χ0v) is 17.7. The molecule has 1 heterocycles. The van der Waals surface area contributed by atoms with Crippen molar-refractivity contribution in [2.24, 2.45) is 0 Å². The number of amides is 1. The maximum Gasteiger partial charge on any atom is 0.284 e. The number of carbonyl (C=O) groups excluding carboxylic acids is 1. The number of thiophene rings is 1. The van der Waals surface area contributed by atoms with Crippen LogP contribution in [-0.4, -0.2) is 36.4 Å². The second-order valence-corrected chi connectivity index (χ2v) is 8.65. The van der Waals surface area contributed by atoms with Crippen LogP contribution in [0, 0.1) is 10.1 Å². The van der Waals surface area contributed by atoms with E-state index in [-0.39, 0.29) is 23.2 Å². The van der Waals surface area contributed by atoms with Crippen molar-refractivity contribution in [3.8, 4) is 0 Å². The van der Waals surface area contributed by atoms with Gasteiger partial charge in [-0.2, -0.15) is 0 Å². The molecule has 0 spiro atoms. The topological polar surface area (TPSA) is 75.5 Å². The van der Waals surface area contributed by atoms with Crippen molar-refractivity contribution in [2.45, 2.75) is 15.8 Å². The third kappa shape index (κ3) is 5.44. The van der Waals surface area contributed by atoms with E-state index in [0.717, 1.165) is 9.77 Å². The summed E-state index contributed by atoms with van der Waals surface area (Å²) in [6, 6.07) is 18.1. The summed E-state index contributed by atoms with van der Waals surface area (Å²) in [4.78, 5) is 28.3. The first-order valence-electron chi connectivity index (χ1n) is 8.95. The average molecular weight is 428 g/mol. The summed E-state index contributed by atoms with van der Waals surface area (Å²) in [6.45, 7) is 0.417. The fraction of sp³-hybridized carbons (Fsp3) is 0.190. The monoisotopic (exact) mass is 427 g/mol. The molecule has 0 unspecified atom stereocenters. The van der Waals surface area contributed by atoms with E-state index in [2.05, 4.69) is 5.32 Å². The van der Waals surface area contributed by atoms with E-state index in [1.165, 1.54) is 17.8 Å². The summed E-state index contributed by atoms with van der Waals surface area (Å²) in [5.74, 6) is -0.326. The highest BCUT2D eigenvalue weighted by Crippen LogP contribution is 2.35. The Morgan fingerprint density at radius 1 is 1.17 bits per heavy atom. The minimum absolute atomic E-state index is 0.0434. The number of hydrogen-bond donors (Lipinski definition) is 1. The molecule has 0 saturated heterocycles. The number of nitro benzene ring substituents is 1. The molecule has 0 aliphatic carbocycles. The van der Waals surface area contributed by atoms with Crippen molar-refractivity contribution >= 4 is 34.7 Å². The molecule has 1 amide bonds. The molecule has 8 heteroatoms. The standard InChI is InChI=1S/C21H21N3O3S2/c1-23(2)18(19-9-6-12-28-19)14-22-21(25)15-10-11-20(17(13-15)24(26)27)29-16-7-4-3-5-8-16/h3-13,18H,14H2,1-2H3,(H,22,25)/t18-/m0/s1.